The van der Waals surface area contributed by atoms with Crippen molar-refractivity contribution in [2.45, 2.75) is 13.3 Å². The van der Waals surface area contributed by atoms with E-state index in [0.717, 1.165) is 11.3 Å². The van der Waals surface area contributed by atoms with Gasteiger partial charge in [-0.2, -0.15) is 0 Å². The van der Waals surface area contributed by atoms with E-state index in [1.807, 2.05) is 6.92 Å². The lowest BCUT2D eigenvalue weighted by atomic mass is 10.2. The molecule has 2 aromatic rings. The van der Waals surface area contributed by atoms with E-state index < -0.39 is 11.6 Å². The maximum atomic E-state index is 13.4. The summed E-state index contributed by atoms with van der Waals surface area (Å²) in [6, 6.07) is 3.83. The van der Waals surface area contributed by atoms with Crippen LogP contribution in [0, 0.1) is 11.6 Å². The molecule has 1 aromatic heterocycles. The molecule has 0 aliphatic heterocycles. The summed E-state index contributed by atoms with van der Waals surface area (Å²) in [5.41, 5.74) is -0.0257. The molecule has 1 aromatic carbocycles. The van der Waals surface area contributed by atoms with Crippen molar-refractivity contribution in [2.24, 2.45) is 0 Å². The van der Waals surface area contributed by atoms with Crippen molar-refractivity contribution in [1.82, 2.24) is 4.98 Å². The molecule has 4 heteroatoms. The Morgan fingerprint density at radius 1 is 1.27 bits per heavy atom. The van der Waals surface area contributed by atoms with Crippen molar-refractivity contribution in [3.8, 4) is 10.6 Å². The highest BCUT2D eigenvalue weighted by Crippen LogP contribution is 2.29. The molecule has 1 nitrogen and oxygen atoms in total. The number of rotatable bonds is 2. The maximum Gasteiger partial charge on any atom is 0.136 e. The Hall–Kier alpha value is -1.29. The second-order valence-corrected chi connectivity index (χ2v) is 4.20. The number of nitrogens with zero attached hydrogens (tertiary/aromatic N) is 1. The van der Waals surface area contributed by atoms with Crippen LogP contribution in [0.4, 0.5) is 8.78 Å². The second kappa shape index (κ2) is 4.06. The fourth-order valence-corrected chi connectivity index (χ4v) is 2.19. The molecule has 0 saturated heterocycles. The fourth-order valence-electron chi connectivity index (χ4n) is 1.29. The number of halogens is 2. The SMILES string of the molecule is CCc1cnc(-c2c(F)cccc2F)s1. The first-order valence-corrected chi connectivity index (χ1v) is 5.43. The minimum atomic E-state index is -0.563. The van der Waals surface area contributed by atoms with Crippen molar-refractivity contribution in [3.05, 3.63) is 40.9 Å². The summed E-state index contributed by atoms with van der Waals surface area (Å²) >= 11 is 1.32. The molecule has 78 valence electrons. The minimum absolute atomic E-state index is 0.0257. The van der Waals surface area contributed by atoms with Gasteiger partial charge >= 0.3 is 0 Å². The number of hydrogen-bond acceptors (Lipinski definition) is 2. The molecule has 15 heavy (non-hydrogen) atoms. The van der Waals surface area contributed by atoms with E-state index in [9.17, 15) is 8.78 Å². The Kier molecular flexibility index (Phi) is 2.77. The maximum absolute atomic E-state index is 13.4. The molecule has 0 unspecified atom stereocenters. The summed E-state index contributed by atoms with van der Waals surface area (Å²) in [7, 11) is 0. The van der Waals surface area contributed by atoms with Crippen LogP contribution in [0.3, 0.4) is 0 Å². The fraction of sp³-hybridized carbons (Fsp3) is 0.182. The number of hydrogen-bond donors (Lipinski definition) is 0. The summed E-state index contributed by atoms with van der Waals surface area (Å²) in [6.07, 6.45) is 2.49. The van der Waals surface area contributed by atoms with E-state index in [0.29, 0.717) is 5.01 Å². The molecule has 0 fully saturated rings. The zero-order chi connectivity index (χ0) is 10.8. The molecular formula is C11H9F2NS. The van der Waals surface area contributed by atoms with Gasteiger partial charge in [0.1, 0.15) is 16.6 Å². The summed E-state index contributed by atoms with van der Waals surface area (Å²) in [4.78, 5) is 5.04. The highest BCUT2D eigenvalue weighted by Gasteiger charge is 2.13. The lowest BCUT2D eigenvalue weighted by molar-refractivity contribution is 0.589. The van der Waals surface area contributed by atoms with Gasteiger partial charge in [-0.1, -0.05) is 13.0 Å². The molecule has 0 saturated carbocycles. The van der Waals surface area contributed by atoms with Gasteiger partial charge in [0, 0.05) is 11.1 Å². The summed E-state index contributed by atoms with van der Waals surface area (Å²) in [5, 5.41) is 0.405. The standard InChI is InChI=1S/C11H9F2NS/c1-2-7-6-14-11(15-7)10-8(12)4-3-5-9(10)13/h3-6H,2H2,1H3. The topological polar surface area (TPSA) is 12.9 Å². The Morgan fingerprint density at radius 3 is 2.47 bits per heavy atom. The van der Waals surface area contributed by atoms with Gasteiger partial charge in [0.05, 0.1) is 5.56 Å². The van der Waals surface area contributed by atoms with Crippen LogP contribution >= 0.6 is 11.3 Å². The summed E-state index contributed by atoms with van der Waals surface area (Å²) in [6.45, 7) is 1.98. The zero-order valence-corrected chi connectivity index (χ0v) is 8.94. The zero-order valence-electron chi connectivity index (χ0n) is 8.13. The van der Waals surface area contributed by atoms with Crippen LogP contribution in [0.1, 0.15) is 11.8 Å². The highest BCUT2D eigenvalue weighted by molar-refractivity contribution is 7.15. The highest BCUT2D eigenvalue weighted by atomic mass is 32.1. The number of benzene rings is 1. The van der Waals surface area contributed by atoms with Gasteiger partial charge in [-0.3, -0.25) is 0 Å². The summed E-state index contributed by atoms with van der Waals surface area (Å²) < 4.78 is 26.8. The summed E-state index contributed by atoms with van der Waals surface area (Å²) in [5.74, 6) is -1.13. The Morgan fingerprint density at radius 2 is 1.93 bits per heavy atom. The third-order valence-corrected chi connectivity index (χ3v) is 3.24. The van der Waals surface area contributed by atoms with Crippen LogP contribution in [-0.2, 0) is 6.42 Å². The molecule has 0 radical (unpaired) electrons. The normalized spacial score (nSPS) is 10.6. The Labute approximate surface area is 90.4 Å². The first-order chi connectivity index (χ1) is 7.22. The van der Waals surface area contributed by atoms with Gasteiger partial charge in [0.25, 0.3) is 0 Å². The molecule has 0 atom stereocenters. The first kappa shape index (κ1) is 10.2. The largest absolute Gasteiger partial charge is 0.244 e. The monoisotopic (exact) mass is 225 g/mol. The number of thiazole rings is 1. The average Bonchev–Trinajstić information content (AvgIpc) is 2.66. The molecule has 0 N–H and O–H groups in total. The van der Waals surface area contributed by atoms with Gasteiger partial charge in [-0.25, -0.2) is 13.8 Å². The van der Waals surface area contributed by atoms with E-state index in [-0.39, 0.29) is 5.56 Å². The van der Waals surface area contributed by atoms with Gasteiger partial charge in [0.15, 0.2) is 0 Å². The van der Waals surface area contributed by atoms with E-state index in [1.165, 1.54) is 29.5 Å². The number of aryl methyl sites for hydroxylation is 1. The van der Waals surface area contributed by atoms with Crippen LogP contribution in [0.15, 0.2) is 24.4 Å². The van der Waals surface area contributed by atoms with Crippen LogP contribution in [0.25, 0.3) is 10.6 Å². The number of aromatic nitrogens is 1. The van der Waals surface area contributed by atoms with Crippen molar-refractivity contribution >= 4 is 11.3 Å². The van der Waals surface area contributed by atoms with E-state index in [1.54, 1.807) is 6.20 Å². The van der Waals surface area contributed by atoms with Crippen LogP contribution in [-0.4, -0.2) is 4.98 Å². The quantitative estimate of drug-likeness (QED) is 0.760. The second-order valence-electron chi connectivity index (χ2n) is 3.08. The van der Waals surface area contributed by atoms with E-state index in [4.69, 9.17) is 0 Å². The molecule has 0 aliphatic rings. The Bertz CT molecular complexity index is 459. The smallest absolute Gasteiger partial charge is 0.136 e. The Balaban J connectivity index is 2.53. The van der Waals surface area contributed by atoms with Crippen molar-refractivity contribution in [3.63, 3.8) is 0 Å². The third kappa shape index (κ3) is 1.90. The van der Waals surface area contributed by atoms with Gasteiger partial charge in [0.2, 0.25) is 0 Å². The van der Waals surface area contributed by atoms with Crippen LogP contribution in [0.2, 0.25) is 0 Å². The molecule has 2 rings (SSSR count). The molecule has 0 spiro atoms. The molecule has 1 heterocycles. The molecular weight excluding hydrogens is 216 g/mol. The van der Waals surface area contributed by atoms with Crippen molar-refractivity contribution in [2.75, 3.05) is 0 Å². The lowest BCUT2D eigenvalue weighted by Gasteiger charge is -1.99. The molecule has 0 amide bonds. The van der Waals surface area contributed by atoms with Crippen molar-refractivity contribution in [1.29, 1.82) is 0 Å². The predicted octanol–water partition coefficient (Wildman–Crippen LogP) is 3.65. The van der Waals surface area contributed by atoms with Crippen LogP contribution in [0.5, 0.6) is 0 Å². The molecule has 0 bridgehead atoms. The third-order valence-electron chi connectivity index (χ3n) is 2.08. The lowest BCUT2D eigenvalue weighted by Crippen LogP contribution is -1.87. The minimum Gasteiger partial charge on any atom is -0.244 e. The van der Waals surface area contributed by atoms with Crippen LogP contribution < -0.4 is 0 Å². The average molecular weight is 225 g/mol. The first-order valence-electron chi connectivity index (χ1n) is 4.61. The van der Waals surface area contributed by atoms with Gasteiger partial charge < -0.3 is 0 Å². The van der Waals surface area contributed by atoms with E-state index >= 15 is 0 Å². The van der Waals surface area contributed by atoms with E-state index in [2.05, 4.69) is 4.98 Å². The van der Waals surface area contributed by atoms with Crippen molar-refractivity contribution < 1.29 is 8.78 Å². The van der Waals surface area contributed by atoms with Gasteiger partial charge in [-0.15, -0.1) is 11.3 Å². The molecule has 0 aliphatic carbocycles. The van der Waals surface area contributed by atoms with Gasteiger partial charge in [-0.05, 0) is 18.6 Å². The predicted molar refractivity (Wildman–Crippen MR) is 56.8 cm³/mol.